The van der Waals surface area contributed by atoms with Crippen LogP contribution in [0, 0.1) is 6.92 Å². The van der Waals surface area contributed by atoms with Crippen LogP contribution in [0.2, 0.25) is 0 Å². The van der Waals surface area contributed by atoms with Gasteiger partial charge in [0.2, 0.25) is 0 Å². The molecule has 0 aliphatic rings. The molecule has 2 heterocycles. The van der Waals surface area contributed by atoms with Gasteiger partial charge in [-0.25, -0.2) is 0 Å². The predicted molar refractivity (Wildman–Crippen MR) is 203 cm³/mol. The minimum absolute atomic E-state index is 0.0157. The van der Waals surface area contributed by atoms with Crippen molar-refractivity contribution in [2.24, 2.45) is 0 Å². The molecule has 232 valence electrons. The van der Waals surface area contributed by atoms with Crippen molar-refractivity contribution >= 4 is 43.6 Å². The second kappa shape index (κ2) is 10.5. The number of rotatable bonds is 3. The Bertz CT molecular complexity index is 2660. The van der Waals surface area contributed by atoms with E-state index in [4.69, 9.17) is 6.85 Å². The van der Waals surface area contributed by atoms with Crippen molar-refractivity contribution in [3.63, 3.8) is 0 Å². The molecule has 0 saturated heterocycles. The monoisotopic (exact) mass is 615 g/mol. The highest BCUT2D eigenvalue weighted by Crippen LogP contribution is 2.43. The van der Waals surface area contributed by atoms with Gasteiger partial charge in [0.05, 0.1) is 28.9 Å². The Morgan fingerprint density at radius 2 is 1.11 bits per heavy atom. The summed E-state index contributed by atoms with van der Waals surface area (Å²) in [5, 5.41) is 4.25. The molecule has 0 N–H and O–H groups in total. The second-order valence-corrected chi connectivity index (χ2v) is 14.8. The summed E-state index contributed by atoms with van der Waals surface area (Å²) in [6.07, 6.45) is 0. The minimum atomic E-state index is -0.397. The summed E-state index contributed by atoms with van der Waals surface area (Å²) >= 11 is 0. The lowest BCUT2D eigenvalue weighted by Gasteiger charge is -2.19. The topological polar surface area (TPSA) is 9.86 Å². The molecule has 2 aromatic heterocycles. The second-order valence-electron chi connectivity index (χ2n) is 14.8. The maximum absolute atomic E-state index is 8.96. The Labute approximate surface area is 284 Å². The standard InChI is InChI=1S/C45H42N2/c1-29-37(47-38-23-21-31(44(2,3)4)27-35(38)36-28-32(45(5,6)7)22-24-39(36)47)25-26-41-42(29)43-34(30-15-10-8-11-16-30)19-14-20-40(43)46(41)33-17-12-9-13-18-33/h8-28H,1-7H3/i8D,10D,11D,15D,16D. The fraction of sp³-hybridized carbons (Fsp3) is 0.200. The number of hydrogen-bond acceptors (Lipinski definition) is 0. The molecule has 0 saturated carbocycles. The molecule has 8 rings (SSSR count). The van der Waals surface area contributed by atoms with Crippen molar-refractivity contribution in [3.8, 4) is 22.5 Å². The molecular formula is C45H42N2. The Kier molecular flexibility index (Phi) is 5.38. The van der Waals surface area contributed by atoms with E-state index < -0.39 is 6.04 Å². The first-order valence-electron chi connectivity index (χ1n) is 18.9. The molecule has 0 aliphatic heterocycles. The molecule has 6 aromatic carbocycles. The summed E-state index contributed by atoms with van der Waals surface area (Å²) in [7, 11) is 0. The average molecular weight is 616 g/mol. The number of fused-ring (bicyclic) bond motifs is 6. The molecule has 0 atom stereocenters. The number of aromatic nitrogens is 2. The number of nitrogens with zero attached hydrogens (tertiary/aromatic N) is 2. The van der Waals surface area contributed by atoms with Gasteiger partial charge in [-0.15, -0.1) is 0 Å². The summed E-state index contributed by atoms with van der Waals surface area (Å²) in [5.41, 5.74) is 10.5. The Hall–Kier alpha value is -5.08. The normalized spacial score (nSPS) is 14.1. The number of hydrogen-bond donors (Lipinski definition) is 0. The lowest BCUT2D eigenvalue weighted by atomic mass is 9.85. The highest BCUT2D eigenvalue weighted by Gasteiger charge is 2.24. The van der Waals surface area contributed by atoms with Crippen LogP contribution >= 0.6 is 0 Å². The molecule has 47 heavy (non-hydrogen) atoms. The van der Waals surface area contributed by atoms with Crippen molar-refractivity contribution in [2.45, 2.75) is 59.3 Å². The van der Waals surface area contributed by atoms with E-state index in [0.717, 1.165) is 49.8 Å². The lowest BCUT2D eigenvalue weighted by Crippen LogP contribution is -2.10. The molecule has 8 aromatic rings. The fourth-order valence-electron chi connectivity index (χ4n) is 7.21. The first-order chi connectivity index (χ1) is 24.6. The van der Waals surface area contributed by atoms with E-state index in [2.05, 4.69) is 124 Å². The van der Waals surface area contributed by atoms with E-state index in [1.165, 1.54) is 21.9 Å². The van der Waals surface area contributed by atoms with Crippen molar-refractivity contribution in [1.82, 2.24) is 9.13 Å². The Balaban J connectivity index is 1.54. The zero-order valence-electron chi connectivity index (χ0n) is 33.1. The van der Waals surface area contributed by atoms with Crippen LogP contribution < -0.4 is 0 Å². The van der Waals surface area contributed by atoms with Crippen LogP contribution in [0.15, 0.2) is 127 Å². The Morgan fingerprint density at radius 1 is 0.532 bits per heavy atom. The smallest absolute Gasteiger partial charge is 0.0629 e. The fourth-order valence-corrected chi connectivity index (χ4v) is 7.21. The van der Waals surface area contributed by atoms with Crippen molar-refractivity contribution in [3.05, 3.63) is 144 Å². The van der Waals surface area contributed by atoms with Crippen LogP contribution in [0.25, 0.3) is 66.1 Å². The third kappa shape index (κ3) is 4.61. The van der Waals surface area contributed by atoms with E-state index in [1.807, 2.05) is 30.3 Å². The maximum atomic E-state index is 8.96. The minimum Gasteiger partial charge on any atom is -0.309 e. The van der Waals surface area contributed by atoms with E-state index in [1.54, 1.807) is 0 Å². The molecule has 0 spiro atoms. The predicted octanol–water partition coefficient (Wildman–Crippen LogP) is 12.5. The molecule has 0 aliphatic carbocycles. The summed E-state index contributed by atoms with van der Waals surface area (Å²) in [5.74, 6) is 0. The lowest BCUT2D eigenvalue weighted by molar-refractivity contribution is 0.590. The first kappa shape index (κ1) is 24.1. The zero-order valence-corrected chi connectivity index (χ0v) is 28.1. The van der Waals surface area contributed by atoms with Crippen LogP contribution in [0.3, 0.4) is 0 Å². The number of benzene rings is 6. The average Bonchev–Trinajstić information content (AvgIpc) is 3.63. The van der Waals surface area contributed by atoms with E-state index in [-0.39, 0.29) is 40.6 Å². The molecule has 0 unspecified atom stereocenters. The van der Waals surface area contributed by atoms with Gasteiger partial charge >= 0.3 is 0 Å². The van der Waals surface area contributed by atoms with Crippen LogP contribution in [-0.2, 0) is 10.8 Å². The first-order valence-corrected chi connectivity index (χ1v) is 16.4. The molecule has 0 radical (unpaired) electrons. The number of aryl methyl sites for hydroxylation is 1. The van der Waals surface area contributed by atoms with Gasteiger partial charge in [-0.1, -0.05) is 114 Å². The summed E-state index contributed by atoms with van der Waals surface area (Å²) in [6, 6.07) is 32.6. The summed E-state index contributed by atoms with van der Waals surface area (Å²) < 4.78 is 47.8. The van der Waals surface area contributed by atoms with E-state index >= 15 is 0 Å². The van der Waals surface area contributed by atoms with E-state index in [9.17, 15) is 0 Å². The molecule has 0 amide bonds. The van der Waals surface area contributed by atoms with Gasteiger partial charge in [-0.05, 0) is 100 Å². The largest absolute Gasteiger partial charge is 0.309 e. The summed E-state index contributed by atoms with van der Waals surface area (Å²) in [4.78, 5) is 0. The van der Waals surface area contributed by atoms with Gasteiger partial charge in [0.1, 0.15) is 0 Å². The third-order valence-electron chi connectivity index (χ3n) is 9.71. The van der Waals surface area contributed by atoms with Gasteiger partial charge in [-0.2, -0.15) is 0 Å². The molecule has 2 heteroatoms. The van der Waals surface area contributed by atoms with Gasteiger partial charge in [0, 0.05) is 32.9 Å². The van der Waals surface area contributed by atoms with Crippen molar-refractivity contribution in [2.75, 3.05) is 0 Å². The van der Waals surface area contributed by atoms with Crippen LogP contribution in [0.4, 0.5) is 0 Å². The highest BCUT2D eigenvalue weighted by atomic mass is 15.0. The highest BCUT2D eigenvalue weighted by molar-refractivity contribution is 6.18. The van der Waals surface area contributed by atoms with Gasteiger partial charge in [-0.3, -0.25) is 0 Å². The Morgan fingerprint density at radius 3 is 1.70 bits per heavy atom. The van der Waals surface area contributed by atoms with Crippen LogP contribution in [0.5, 0.6) is 0 Å². The quantitative estimate of drug-likeness (QED) is 0.187. The van der Waals surface area contributed by atoms with E-state index in [0.29, 0.717) is 5.56 Å². The molecule has 0 fully saturated rings. The molecule has 2 nitrogen and oxygen atoms in total. The van der Waals surface area contributed by atoms with Crippen molar-refractivity contribution < 1.29 is 6.85 Å². The summed E-state index contributed by atoms with van der Waals surface area (Å²) in [6.45, 7) is 15.7. The third-order valence-corrected chi connectivity index (χ3v) is 9.71. The van der Waals surface area contributed by atoms with Crippen LogP contribution in [0.1, 0.15) is 65.1 Å². The van der Waals surface area contributed by atoms with Gasteiger partial charge < -0.3 is 9.13 Å². The van der Waals surface area contributed by atoms with Crippen LogP contribution in [-0.4, -0.2) is 9.13 Å². The maximum Gasteiger partial charge on any atom is 0.0629 e. The molecule has 0 bridgehead atoms. The number of para-hydroxylation sites is 1. The SMILES string of the molecule is [2H]c1c([2H])c([2H])c(-c2cccc3c2c2c(C)c(-n4c5ccc(C(C)(C)C)cc5c5cc(C(C)(C)C)ccc54)ccc2n3-c2ccccc2)c([2H])c1[2H]. The van der Waals surface area contributed by atoms with Gasteiger partial charge in [0.15, 0.2) is 0 Å². The van der Waals surface area contributed by atoms with Gasteiger partial charge in [0.25, 0.3) is 0 Å². The zero-order chi connectivity index (χ0) is 37.0. The molecular weight excluding hydrogens is 569 g/mol. The van der Waals surface area contributed by atoms with Crippen molar-refractivity contribution in [1.29, 1.82) is 0 Å².